The second-order valence-corrected chi connectivity index (χ2v) is 5.60. The SMILES string of the molecule is CCOC(=O)c1cn(-c2ccc(F)cc2)c(C(=O)OCC)c(C(=O)OCC)c1=O. The lowest BCUT2D eigenvalue weighted by molar-refractivity contribution is 0.0465. The molecule has 0 amide bonds. The molecule has 29 heavy (non-hydrogen) atoms. The van der Waals surface area contributed by atoms with E-state index in [1.54, 1.807) is 13.8 Å². The first-order valence-corrected chi connectivity index (χ1v) is 8.92. The number of hydrogen-bond acceptors (Lipinski definition) is 7. The number of aromatic nitrogens is 1. The highest BCUT2D eigenvalue weighted by Gasteiger charge is 2.31. The molecule has 0 radical (unpaired) electrons. The Kier molecular flexibility index (Phi) is 7.24. The second kappa shape index (κ2) is 9.63. The first-order valence-electron chi connectivity index (χ1n) is 8.92. The number of esters is 3. The molecule has 2 aromatic rings. The number of halogens is 1. The Labute approximate surface area is 165 Å². The highest BCUT2D eigenvalue weighted by Crippen LogP contribution is 2.18. The molecule has 0 N–H and O–H groups in total. The first-order chi connectivity index (χ1) is 13.8. The van der Waals surface area contributed by atoms with E-state index >= 15 is 0 Å². The van der Waals surface area contributed by atoms with Crippen LogP contribution in [0.3, 0.4) is 0 Å². The van der Waals surface area contributed by atoms with Crippen molar-refractivity contribution >= 4 is 17.9 Å². The van der Waals surface area contributed by atoms with E-state index in [1.807, 2.05) is 0 Å². The van der Waals surface area contributed by atoms with Gasteiger partial charge in [-0.25, -0.2) is 18.8 Å². The molecule has 0 unspecified atom stereocenters. The maximum absolute atomic E-state index is 13.4. The predicted molar refractivity (Wildman–Crippen MR) is 99.9 cm³/mol. The largest absolute Gasteiger partial charge is 0.462 e. The first kappa shape index (κ1) is 21.8. The van der Waals surface area contributed by atoms with E-state index in [1.165, 1.54) is 19.1 Å². The molecule has 0 aliphatic heterocycles. The van der Waals surface area contributed by atoms with Gasteiger partial charge < -0.3 is 18.8 Å². The summed E-state index contributed by atoms with van der Waals surface area (Å²) in [4.78, 5) is 50.3. The summed E-state index contributed by atoms with van der Waals surface area (Å²) in [6.07, 6.45) is 1.06. The Morgan fingerprint density at radius 2 is 1.38 bits per heavy atom. The molecule has 2 rings (SSSR count). The highest BCUT2D eigenvalue weighted by molar-refractivity contribution is 6.04. The molecular formula is C20H20FNO7. The van der Waals surface area contributed by atoms with Gasteiger partial charge >= 0.3 is 17.9 Å². The molecule has 0 saturated heterocycles. The van der Waals surface area contributed by atoms with Gasteiger partial charge in [0.25, 0.3) is 0 Å². The van der Waals surface area contributed by atoms with Crippen molar-refractivity contribution in [2.24, 2.45) is 0 Å². The summed E-state index contributed by atoms with van der Waals surface area (Å²) < 4.78 is 29.3. The molecule has 0 saturated carbocycles. The molecule has 0 atom stereocenters. The molecule has 154 valence electrons. The average Bonchev–Trinajstić information content (AvgIpc) is 2.68. The van der Waals surface area contributed by atoms with Crippen LogP contribution in [0.2, 0.25) is 0 Å². The summed E-state index contributed by atoms with van der Waals surface area (Å²) in [7, 11) is 0. The smallest absolute Gasteiger partial charge is 0.356 e. The van der Waals surface area contributed by atoms with E-state index in [0.29, 0.717) is 0 Å². The van der Waals surface area contributed by atoms with Crippen LogP contribution < -0.4 is 5.43 Å². The minimum absolute atomic E-state index is 0.0107. The summed E-state index contributed by atoms with van der Waals surface area (Å²) >= 11 is 0. The van der Waals surface area contributed by atoms with E-state index in [9.17, 15) is 23.6 Å². The lowest BCUT2D eigenvalue weighted by atomic mass is 10.1. The lowest BCUT2D eigenvalue weighted by Gasteiger charge is -2.17. The summed E-state index contributed by atoms with van der Waals surface area (Å²) in [5, 5.41) is 0. The maximum atomic E-state index is 13.4. The van der Waals surface area contributed by atoms with Gasteiger partial charge in [-0.2, -0.15) is 0 Å². The van der Waals surface area contributed by atoms with Gasteiger partial charge in [-0.1, -0.05) is 0 Å². The Morgan fingerprint density at radius 1 is 0.862 bits per heavy atom. The number of rotatable bonds is 7. The average molecular weight is 405 g/mol. The third-order valence-electron chi connectivity index (χ3n) is 3.76. The van der Waals surface area contributed by atoms with Gasteiger partial charge in [-0.05, 0) is 45.0 Å². The van der Waals surface area contributed by atoms with Gasteiger partial charge in [0.1, 0.15) is 16.9 Å². The summed E-state index contributed by atoms with van der Waals surface area (Å²) in [5.74, 6) is -3.59. The molecule has 0 aliphatic carbocycles. The molecule has 1 aromatic heterocycles. The van der Waals surface area contributed by atoms with Crippen LogP contribution in [0.5, 0.6) is 0 Å². The fourth-order valence-corrected chi connectivity index (χ4v) is 2.57. The van der Waals surface area contributed by atoms with E-state index in [4.69, 9.17) is 14.2 Å². The molecule has 0 fully saturated rings. The van der Waals surface area contributed by atoms with E-state index in [-0.39, 0.29) is 25.5 Å². The van der Waals surface area contributed by atoms with E-state index < -0.39 is 46.0 Å². The van der Waals surface area contributed by atoms with E-state index in [2.05, 4.69) is 0 Å². The monoisotopic (exact) mass is 405 g/mol. The van der Waals surface area contributed by atoms with Crippen LogP contribution in [0.4, 0.5) is 4.39 Å². The Morgan fingerprint density at radius 3 is 1.93 bits per heavy atom. The molecule has 1 aromatic carbocycles. The maximum Gasteiger partial charge on any atom is 0.356 e. The topological polar surface area (TPSA) is 101 Å². The van der Waals surface area contributed by atoms with Gasteiger partial charge in [0.2, 0.25) is 5.43 Å². The molecule has 0 aliphatic rings. The molecule has 1 heterocycles. The zero-order valence-corrected chi connectivity index (χ0v) is 16.2. The standard InChI is InChI=1S/C20H20FNO7/c1-4-27-18(24)14-11-22(13-9-7-12(21)8-10-13)16(20(26)29-6-3)15(17(14)23)19(25)28-5-2/h7-11H,4-6H2,1-3H3. The normalized spacial score (nSPS) is 10.3. The predicted octanol–water partition coefficient (Wildman–Crippen LogP) is 2.51. The van der Waals surface area contributed by atoms with Gasteiger partial charge in [0, 0.05) is 11.9 Å². The van der Waals surface area contributed by atoms with Gasteiger partial charge in [0.05, 0.1) is 19.8 Å². The van der Waals surface area contributed by atoms with Crippen LogP contribution in [0.15, 0.2) is 35.3 Å². The van der Waals surface area contributed by atoms with Crippen molar-refractivity contribution in [2.75, 3.05) is 19.8 Å². The number of carbonyl (C=O) groups excluding carboxylic acids is 3. The van der Waals surface area contributed by atoms with Crippen LogP contribution in [0.25, 0.3) is 5.69 Å². The third-order valence-corrected chi connectivity index (χ3v) is 3.76. The van der Waals surface area contributed by atoms with Gasteiger partial charge in [-0.15, -0.1) is 0 Å². The molecule has 9 heteroatoms. The second-order valence-electron chi connectivity index (χ2n) is 5.60. The van der Waals surface area contributed by atoms with Crippen molar-refractivity contribution in [1.82, 2.24) is 4.57 Å². The Bertz CT molecular complexity index is 980. The number of carbonyl (C=O) groups is 3. The van der Waals surface area contributed by atoms with Crippen LogP contribution in [-0.2, 0) is 14.2 Å². The number of nitrogens with zero attached hydrogens (tertiary/aromatic N) is 1. The van der Waals surface area contributed by atoms with Crippen LogP contribution >= 0.6 is 0 Å². The summed E-state index contributed by atoms with van der Waals surface area (Å²) in [6, 6.07) is 4.87. The number of benzene rings is 1. The number of ether oxygens (including phenoxy) is 3. The fourth-order valence-electron chi connectivity index (χ4n) is 2.57. The van der Waals surface area contributed by atoms with Gasteiger partial charge in [-0.3, -0.25) is 4.79 Å². The molecule has 8 nitrogen and oxygen atoms in total. The van der Waals surface area contributed by atoms with E-state index in [0.717, 1.165) is 22.9 Å². The Balaban J connectivity index is 2.91. The van der Waals surface area contributed by atoms with Crippen LogP contribution in [-0.4, -0.2) is 42.3 Å². The van der Waals surface area contributed by atoms with Crippen molar-refractivity contribution in [3.63, 3.8) is 0 Å². The Hall–Kier alpha value is -3.49. The molecular weight excluding hydrogens is 385 g/mol. The van der Waals surface area contributed by atoms with Crippen LogP contribution in [0.1, 0.15) is 52.0 Å². The van der Waals surface area contributed by atoms with Crippen molar-refractivity contribution in [3.05, 3.63) is 63.3 Å². The number of hydrogen-bond donors (Lipinski definition) is 0. The quantitative estimate of drug-likeness (QED) is 0.515. The zero-order valence-electron chi connectivity index (χ0n) is 16.2. The minimum Gasteiger partial charge on any atom is -0.462 e. The summed E-state index contributed by atoms with van der Waals surface area (Å²) in [5.41, 5.74) is -2.39. The van der Waals surface area contributed by atoms with Gasteiger partial charge in [0.15, 0.2) is 5.69 Å². The van der Waals surface area contributed by atoms with Crippen molar-refractivity contribution < 1.29 is 33.0 Å². The molecule has 0 bridgehead atoms. The van der Waals surface area contributed by atoms with Crippen molar-refractivity contribution in [1.29, 1.82) is 0 Å². The van der Waals surface area contributed by atoms with Crippen molar-refractivity contribution in [3.8, 4) is 5.69 Å². The lowest BCUT2D eigenvalue weighted by Crippen LogP contribution is -2.32. The minimum atomic E-state index is -1.09. The summed E-state index contributed by atoms with van der Waals surface area (Å²) in [6.45, 7) is 4.52. The third kappa shape index (κ3) is 4.68. The molecule has 0 spiro atoms. The fraction of sp³-hybridized carbons (Fsp3) is 0.300. The number of pyridine rings is 1. The zero-order chi connectivity index (χ0) is 21.6. The highest BCUT2D eigenvalue weighted by atomic mass is 19.1. The van der Waals surface area contributed by atoms with Crippen molar-refractivity contribution in [2.45, 2.75) is 20.8 Å². The van der Waals surface area contributed by atoms with Crippen LogP contribution in [0, 0.1) is 5.82 Å².